The lowest BCUT2D eigenvalue weighted by Gasteiger charge is -2.30. The first kappa shape index (κ1) is 13.7. The summed E-state index contributed by atoms with van der Waals surface area (Å²) in [6, 6.07) is -0.280. The number of carbonyl (C=O) groups excluding carboxylic acids is 1. The zero-order valence-electron chi connectivity index (χ0n) is 9.04. The van der Waals surface area contributed by atoms with Crippen LogP contribution >= 0.6 is 27.3 Å². The average Bonchev–Trinajstić information content (AvgIpc) is 2.65. The van der Waals surface area contributed by atoms with E-state index in [1.807, 2.05) is 0 Å². The molecule has 0 unspecified atom stereocenters. The third kappa shape index (κ3) is 2.64. The molecule has 0 N–H and O–H groups in total. The minimum atomic E-state index is -4.49. The van der Waals surface area contributed by atoms with Crippen molar-refractivity contribution in [1.82, 2.24) is 4.90 Å². The van der Waals surface area contributed by atoms with E-state index in [0.717, 1.165) is 4.90 Å². The van der Waals surface area contributed by atoms with Gasteiger partial charge in [-0.15, -0.1) is 11.3 Å². The minimum Gasteiger partial charge on any atom is -0.490 e. The summed E-state index contributed by atoms with van der Waals surface area (Å²) in [7, 11) is 0. The maximum atomic E-state index is 12.9. The standard InChI is InChI=1S/C10H9BrF3NO2S/c11-3-9(16)15-4-7-6(1-2-18-7)17-5-8(15)10(12,13)14/h1-2,8H,3-5H2/t8-/m0/s1. The molecule has 2 rings (SSSR count). The van der Waals surface area contributed by atoms with Gasteiger partial charge >= 0.3 is 6.18 Å². The second-order valence-corrected chi connectivity index (χ2v) is 5.29. The Kier molecular flexibility index (Phi) is 3.86. The van der Waals surface area contributed by atoms with Crippen LogP contribution in [0.25, 0.3) is 0 Å². The minimum absolute atomic E-state index is 0.0678. The molecule has 0 bridgehead atoms. The molecule has 100 valence electrons. The zero-order valence-corrected chi connectivity index (χ0v) is 11.4. The van der Waals surface area contributed by atoms with Crippen molar-refractivity contribution in [2.45, 2.75) is 18.8 Å². The normalized spacial score (nSPS) is 20.0. The molecule has 8 heteroatoms. The summed E-state index contributed by atoms with van der Waals surface area (Å²) < 4.78 is 43.9. The maximum Gasteiger partial charge on any atom is 0.412 e. The summed E-state index contributed by atoms with van der Waals surface area (Å²) in [5, 5.41) is 1.59. The average molecular weight is 344 g/mol. The van der Waals surface area contributed by atoms with E-state index in [0.29, 0.717) is 10.6 Å². The van der Waals surface area contributed by atoms with Crippen molar-refractivity contribution in [1.29, 1.82) is 0 Å². The number of halogens is 4. The van der Waals surface area contributed by atoms with E-state index in [1.165, 1.54) is 11.3 Å². The first-order valence-electron chi connectivity index (χ1n) is 5.05. The highest BCUT2D eigenvalue weighted by Gasteiger charge is 2.47. The van der Waals surface area contributed by atoms with Gasteiger partial charge in [-0.25, -0.2) is 0 Å². The van der Waals surface area contributed by atoms with E-state index in [9.17, 15) is 18.0 Å². The third-order valence-corrected chi connectivity index (χ3v) is 3.97. The number of carbonyl (C=O) groups is 1. The van der Waals surface area contributed by atoms with Crippen molar-refractivity contribution in [3.8, 4) is 5.75 Å². The van der Waals surface area contributed by atoms with Crippen LogP contribution in [0.1, 0.15) is 4.88 Å². The van der Waals surface area contributed by atoms with E-state index in [2.05, 4.69) is 15.9 Å². The topological polar surface area (TPSA) is 29.5 Å². The van der Waals surface area contributed by atoms with Gasteiger partial charge in [0.05, 0.1) is 16.8 Å². The lowest BCUT2D eigenvalue weighted by molar-refractivity contribution is -0.194. The predicted octanol–water partition coefficient (Wildman–Crippen LogP) is 2.79. The molecule has 1 aliphatic rings. The molecule has 1 atom stereocenters. The van der Waals surface area contributed by atoms with Crippen molar-refractivity contribution in [3.05, 3.63) is 16.3 Å². The molecule has 18 heavy (non-hydrogen) atoms. The Morgan fingerprint density at radius 2 is 2.33 bits per heavy atom. The summed E-state index contributed by atoms with van der Waals surface area (Å²) in [6.07, 6.45) is -4.49. The molecule has 0 radical (unpaired) electrons. The first-order valence-corrected chi connectivity index (χ1v) is 7.05. The van der Waals surface area contributed by atoms with Gasteiger partial charge in [-0.2, -0.15) is 13.2 Å². The molecule has 2 heterocycles. The SMILES string of the molecule is O=C(CBr)N1Cc2sccc2OC[C@H]1C(F)(F)F. The van der Waals surface area contributed by atoms with Gasteiger partial charge < -0.3 is 9.64 Å². The van der Waals surface area contributed by atoms with E-state index >= 15 is 0 Å². The van der Waals surface area contributed by atoms with E-state index in [4.69, 9.17) is 4.74 Å². The quantitative estimate of drug-likeness (QED) is 0.734. The second kappa shape index (κ2) is 5.08. The van der Waals surface area contributed by atoms with Crippen molar-refractivity contribution in [2.75, 3.05) is 11.9 Å². The Morgan fingerprint density at radius 3 is 2.94 bits per heavy atom. The highest BCUT2D eigenvalue weighted by Crippen LogP contribution is 2.34. The monoisotopic (exact) mass is 343 g/mol. The zero-order chi connectivity index (χ0) is 13.3. The molecule has 0 aliphatic carbocycles. The van der Waals surface area contributed by atoms with Gasteiger partial charge in [0.2, 0.25) is 5.91 Å². The fourth-order valence-corrected chi connectivity index (χ4v) is 2.84. The van der Waals surface area contributed by atoms with Crippen LogP contribution in [0.4, 0.5) is 13.2 Å². The smallest absolute Gasteiger partial charge is 0.412 e. The number of nitrogens with zero attached hydrogens (tertiary/aromatic N) is 1. The Labute approximate surface area is 114 Å². The molecular weight excluding hydrogens is 335 g/mol. The van der Waals surface area contributed by atoms with Crippen molar-refractivity contribution >= 4 is 33.2 Å². The lowest BCUT2D eigenvalue weighted by Crippen LogP contribution is -2.51. The Balaban J connectivity index is 2.32. The van der Waals surface area contributed by atoms with Gasteiger partial charge in [0.25, 0.3) is 0 Å². The van der Waals surface area contributed by atoms with Crippen molar-refractivity contribution in [3.63, 3.8) is 0 Å². The Morgan fingerprint density at radius 1 is 1.61 bits per heavy atom. The van der Waals surface area contributed by atoms with Gasteiger partial charge in [-0.3, -0.25) is 4.79 Å². The van der Waals surface area contributed by atoms with Gasteiger partial charge in [0.15, 0.2) is 6.04 Å². The van der Waals surface area contributed by atoms with Crippen LogP contribution in [0.5, 0.6) is 5.75 Å². The fourth-order valence-electron chi connectivity index (χ4n) is 1.71. The molecule has 3 nitrogen and oxygen atoms in total. The Bertz CT molecular complexity index is 449. The highest BCUT2D eigenvalue weighted by molar-refractivity contribution is 9.09. The summed E-state index contributed by atoms with van der Waals surface area (Å²) >= 11 is 4.19. The molecule has 0 fully saturated rings. The van der Waals surface area contributed by atoms with Crippen LogP contribution in [-0.2, 0) is 11.3 Å². The maximum absolute atomic E-state index is 12.9. The molecular formula is C10H9BrF3NO2S. The molecule has 0 saturated carbocycles. The molecule has 0 aromatic carbocycles. The van der Waals surface area contributed by atoms with Crippen LogP contribution < -0.4 is 4.74 Å². The number of rotatable bonds is 1. The number of hydrogen-bond acceptors (Lipinski definition) is 3. The van der Waals surface area contributed by atoms with Gasteiger partial charge in [-0.05, 0) is 11.4 Å². The number of hydrogen-bond donors (Lipinski definition) is 0. The first-order chi connectivity index (χ1) is 8.43. The molecule has 1 amide bonds. The summed E-state index contributed by atoms with van der Waals surface area (Å²) in [5.41, 5.74) is 0. The predicted molar refractivity (Wildman–Crippen MR) is 64.0 cm³/mol. The van der Waals surface area contributed by atoms with Crippen LogP contribution in [0, 0.1) is 0 Å². The second-order valence-electron chi connectivity index (χ2n) is 3.73. The van der Waals surface area contributed by atoms with Crippen LogP contribution in [0.2, 0.25) is 0 Å². The lowest BCUT2D eigenvalue weighted by atomic mass is 10.2. The highest BCUT2D eigenvalue weighted by atomic mass is 79.9. The number of alkyl halides is 4. The third-order valence-electron chi connectivity index (χ3n) is 2.60. The van der Waals surface area contributed by atoms with Gasteiger partial charge in [-0.1, -0.05) is 15.9 Å². The van der Waals surface area contributed by atoms with Crippen LogP contribution in [0.3, 0.4) is 0 Å². The van der Waals surface area contributed by atoms with E-state index in [1.54, 1.807) is 11.4 Å². The summed E-state index contributed by atoms with van der Waals surface area (Å²) in [4.78, 5) is 13.1. The molecule has 0 spiro atoms. The van der Waals surface area contributed by atoms with Gasteiger partial charge in [0, 0.05) is 0 Å². The summed E-state index contributed by atoms with van der Waals surface area (Å²) in [6.45, 7) is -0.631. The van der Waals surface area contributed by atoms with Crippen LogP contribution in [-0.4, -0.2) is 35.0 Å². The van der Waals surface area contributed by atoms with Crippen LogP contribution in [0.15, 0.2) is 11.4 Å². The van der Waals surface area contributed by atoms with E-state index < -0.39 is 24.7 Å². The van der Waals surface area contributed by atoms with E-state index in [-0.39, 0.29) is 11.9 Å². The molecule has 1 aromatic heterocycles. The van der Waals surface area contributed by atoms with Crippen molar-refractivity contribution in [2.24, 2.45) is 0 Å². The summed E-state index contributed by atoms with van der Waals surface area (Å²) in [5.74, 6) is -0.165. The number of ether oxygens (including phenoxy) is 1. The molecule has 0 saturated heterocycles. The number of fused-ring (bicyclic) bond motifs is 1. The van der Waals surface area contributed by atoms with Gasteiger partial charge in [0.1, 0.15) is 12.4 Å². The number of amides is 1. The largest absolute Gasteiger partial charge is 0.490 e. The van der Waals surface area contributed by atoms with Crippen molar-refractivity contribution < 1.29 is 22.7 Å². The fraction of sp³-hybridized carbons (Fsp3) is 0.500. The molecule has 1 aromatic rings. The number of thiophene rings is 1. The molecule has 1 aliphatic heterocycles. The Hall–Kier alpha value is -0.760.